The molecule has 0 aliphatic heterocycles. The molecular formula is C21H17N3O2S2. The standard InChI is InChI=1S/C21H17N3O2S2/c1-26-18-9-3-2-8-16(18)23-21-24-17(13-28-21)14-6-4-7-15(12-14)22-20(25)19-10-5-11-27-19/h2-13H,1H3,(H,22,25)(H,23,24). The summed E-state index contributed by atoms with van der Waals surface area (Å²) in [7, 11) is 1.64. The minimum absolute atomic E-state index is 0.107. The average Bonchev–Trinajstić information content (AvgIpc) is 3.41. The molecule has 2 aromatic carbocycles. The zero-order chi connectivity index (χ0) is 19.3. The van der Waals surface area contributed by atoms with E-state index in [9.17, 15) is 4.79 Å². The molecule has 0 unspecified atom stereocenters. The van der Waals surface area contributed by atoms with Crippen LogP contribution in [0.2, 0.25) is 0 Å². The molecule has 0 spiro atoms. The van der Waals surface area contributed by atoms with Gasteiger partial charge in [0, 0.05) is 16.6 Å². The number of methoxy groups -OCH3 is 1. The van der Waals surface area contributed by atoms with E-state index in [2.05, 4.69) is 15.6 Å². The maximum Gasteiger partial charge on any atom is 0.265 e. The number of thiazole rings is 1. The second kappa shape index (κ2) is 8.24. The topological polar surface area (TPSA) is 63.2 Å². The second-order valence-corrected chi connectivity index (χ2v) is 7.68. The van der Waals surface area contributed by atoms with Crippen LogP contribution in [0, 0.1) is 0 Å². The van der Waals surface area contributed by atoms with Gasteiger partial charge in [-0.15, -0.1) is 22.7 Å². The number of carbonyl (C=O) groups excluding carboxylic acids is 1. The highest BCUT2D eigenvalue weighted by Crippen LogP contribution is 2.31. The van der Waals surface area contributed by atoms with Gasteiger partial charge in [-0.05, 0) is 35.7 Å². The van der Waals surface area contributed by atoms with E-state index in [0.29, 0.717) is 4.88 Å². The molecule has 1 amide bonds. The number of para-hydroxylation sites is 2. The van der Waals surface area contributed by atoms with E-state index in [1.807, 2.05) is 65.4 Å². The average molecular weight is 408 g/mol. The van der Waals surface area contributed by atoms with E-state index in [1.165, 1.54) is 22.7 Å². The molecule has 0 saturated heterocycles. The lowest BCUT2D eigenvalue weighted by Gasteiger charge is -2.08. The fourth-order valence-corrected chi connectivity index (χ4v) is 4.03. The molecule has 2 N–H and O–H groups in total. The minimum atomic E-state index is -0.107. The van der Waals surface area contributed by atoms with Crippen LogP contribution in [-0.2, 0) is 0 Å². The summed E-state index contributed by atoms with van der Waals surface area (Å²) < 4.78 is 5.37. The number of rotatable bonds is 6. The molecule has 2 aromatic heterocycles. The van der Waals surface area contributed by atoms with E-state index in [4.69, 9.17) is 4.74 Å². The highest BCUT2D eigenvalue weighted by molar-refractivity contribution is 7.14. The van der Waals surface area contributed by atoms with Gasteiger partial charge in [0.1, 0.15) is 5.75 Å². The van der Waals surface area contributed by atoms with Crippen molar-refractivity contribution >= 4 is 45.1 Å². The Balaban J connectivity index is 1.51. The van der Waals surface area contributed by atoms with Crippen molar-refractivity contribution in [1.82, 2.24) is 4.98 Å². The molecule has 0 atom stereocenters. The number of hydrogen-bond donors (Lipinski definition) is 2. The number of nitrogens with zero attached hydrogens (tertiary/aromatic N) is 1. The van der Waals surface area contributed by atoms with Crippen LogP contribution in [0.15, 0.2) is 71.4 Å². The van der Waals surface area contributed by atoms with Crippen molar-refractivity contribution in [2.75, 3.05) is 17.7 Å². The van der Waals surface area contributed by atoms with Crippen molar-refractivity contribution in [3.05, 3.63) is 76.3 Å². The molecule has 0 saturated carbocycles. The largest absolute Gasteiger partial charge is 0.495 e. The van der Waals surface area contributed by atoms with Gasteiger partial charge in [-0.2, -0.15) is 0 Å². The van der Waals surface area contributed by atoms with Gasteiger partial charge < -0.3 is 15.4 Å². The number of aromatic nitrogens is 1. The zero-order valence-electron chi connectivity index (χ0n) is 15.0. The van der Waals surface area contributed by atoms with Gasteiger partial charge in [0.2, 0.25) is 0 Å². The van der Waals surface area contributed by atoms with Crippen molar-refractivity contribution in [3.63, 3.8) is 0 Å². The Hall–Kier alpha value is -3.16. The Kier molecular flexibility index (Phi) is 5.36. The highest BCUT2D eigenvalue weighted by Gasteiger charge is 2.10. The molecule has 0 bridgehead atoms. The third-order valence-electron chi connectivity index (χ3n) is 4.01. The van der Waals surface area contributed by atoms with Crippen molar-refractivity contribution in [3.8, 4) is 17.0 Å². The fraction of sp³-hybridized carbons (Fsp3) is 0.0476. The van der Waals surface area contributed by atoms with Gasteiger partial charge in [0.15, 0.2) is 5.13 Å². The summed E-state index contributed by atoms with van der Waals surface area (Å²) in [5.41, 5.74) is 3.38. The van der Waals surface area contributed by atoms with Crippen molar-refractivity contribution < 1.29 is 9.53 Å². The monoisotopic (exact) mass is 407 g/mol. The molecule has 28 heavy (non-hydrogen) atoms. The van der Waals surface area contributed by atoms with Gasteiger partial charge >= 0.3 is 0 Å². The minimum Gasteiger partial charge on any atom is -0.495 e. The maximum atomic E-state index is 12.3. The molecule has 0 aliphatic rings. The Bertz CT molecular complexity index is 1090. The lowest BCUT2D eigenvalue weighted by atomic mass is 10.1. The Morgan fingerprint density at radius 3 is 2.75 bits per heavy atom. The number of thiophene rings is 1. The van der Waals surface area contributed by atoms with E-state index >= 15 is 0 Å². The smallest absolute Gasteiger partial charge is 0.265 e. The lowest BCUT2D eigenvalue weighted by Crippen LogP contribution is -2.09. The van der Waals surface area contributed by atoms with Gasteiger partial charge in [0.05, 0.1) is 23.4 Å². The summed E-state index contributed by atoms with van der Waals surface area (Å²) in [5, 5.41) is 10.9. The van der Waals surface area contributed by atoms with Gasteiger partial charge in [0.25, 0.3) is 5.91 Å². The van der Waals surface area contributed by atoms with E-state index in [0.717, 1.165) is 33.5 Å². The summed E-state index contributed by atoms with van der Waals surface area (Å²) in [4.78, 5) is 17.6. The SMILES string of the molecule is COc1ccccc1Nc1nc(-c2cccc(NC(=O)c3cccs3)c2)cs1. The summed E-state index contributed by atoms with van der Waals surface area (Å²) in [6.07, 6.45) is 0. The molecular weight excluding hydrogens is 390 g/mol. The van der Waals surface area contributed by atoms with Crippen LogP contribution >= 0.6 is 22.7 Å². The van der Waals surface area contributed by atoms with Gasteiger partial charge in [-0.1, -0.05) is 30.3 Å². The Labute approximate surface area is 170 Å². The van der Waals surface area contributed by atoms with Gasteiger partial charge in [-0.25, -0.2) is 4.98 Å². The number of benzene rings is 2. The first-order chi connectivity index (χ1) is 13.7. The number of nitrogens with one attached hydrogen (secondary N) is 2. The first-order valence-electron chi connectivity index (χ1n) is 8.54. The van der Waals surface area contributed by atoms with Crippen LogP contribution < -0.4 is 15.4 Å². The maximum absolute atomic E-state index is 12.3. The van der Waals surface area contributed by atoms with E-state index in [1.54, 1.807) is 13.2 Å². The predicted octanol–water partition coefficient (Wildman–Crippen LogP) is 5.88. The molecule has 5 nitrogen and oxygen atoms in total. The molecule has 4 aromatic rings. The van der Waals surface area contributed by atoms with Crippen LogP contribution in [0.1, 0.15) is 9.67 Å². The van der Waals surface area contributed by atoms with Crippen LogP contribution in [0.3, 0.4) is 0 Å². The zero-order valence-corrected chi connectivity index (χ0v) is 16.6. The quantitative estimate of drug-likeness (QED) is 0.419. The van der Waals surface area contributed by atoms with E-state index in [-0.39, 0.29) is 5.91 Å². The summed E-state index contributed by atoms with van der Waals surface area (Å²) in [5.74, 6) is 0.654. The Morgan fingerprint density at radius 2 is 1.93 bits per heavy atom. The number of amides is 1. The third-order valence-corrected chi connectivity index (χ3v) is 5.64. The lowest BCUT2D eigenvalue weighted by molar-refractivity contribution is 0.103. The number of hydrogen-bond acceptors (Lipinski definition) is 6. The normalized spacial score (nSPS) is 10.5. The van der Waals surface area contributed by atoms with Crippen molar-refractivity contribution in [2.45, 2.75) is 0 Å². The number of carbonyl (C=O) groups is 1. The van der Waals surface area contributed by atoms with Crippen molar-refractivity contribution in [2.24, 2.45) is 0 Å². The van der Waals surface area contributed by atoms with Crippen LogP contribution in [0.4, 0.5) is 16.5 Å². The number of anilines is 3. The molecule has 2 heterocycles. The van der Waals surface area contributed by atoms with Gasteiger partial charge in [-0.3, -0.25) is 4.79 Å². The molecule has 0 radical (unpaired) electrons. The highest BCUT2D eigenvalue weighted by atomic mass is 32.1. The molecule has 0 fully saturated rings. The second-order valence-electron chi connectivity index (χ2n) is 5.88. The fourth-order valence-electron chi connectivity index (χ4n) is 2.68. The Morgan fingerprint density at radius 1 is 1.04 bits per heavy atom. The summed E-state index contributed by atoms with van der Waals surface area (Å²) in [6, 6.07) is 19.1. The molecule has 0 aliphatic carbocycles. The van der Waals surface area contributed by atoms with Crippen molar-refractivity contribution in [1.29, 1.82) is 0 Å². The summed E-state index contributed by atoms with van der Waals surface area (Å²) >= 11 is 2.93. The number of ether oxygens (including phenoxy) is 1. The van der Waals surface area contributed by atoms with Crippen LogP contribution in [-0.4, -0.2) is 18.0 Å². The van der Waals surface area contributed by atoms with Crippen LogP contribution in [0.5, 0.6) is 5.75 Å². The first kappa shape index (κ1) is 18.2. The predicted molar refractivity (Wildman–Crippen MR) is 116 cm³/mol. The molecule has 7 heteroatoms. The third kappa shape index (κ3) is 4.05. The first-order valence-corrected chi connectivity index (χ1v) is 10.3. The van der Waals surface area contributed by atoms with E-state index < -0.39 is 0 Å². The van der Waals surface area contributed by atoms with Crippen LogP contribution in [0.25, 0.3) is 11.3 Å². The molecule has 4 rings (SSSR count). The summed E-state index contributed by atoms with van der Waals surface area (Å²) in [6.45, 7) is 0. The molecule has 140 valence electrons.